The van der Waals surface area contributed by atoms with E-state index in [-0.39, 0.29) is 0 Å². The largest absolute Gasteiger partial charge is 0.302 e. The van der Waals surface area contributed by atoms with Crippen molar-refractivity contribution in [1.29, 1.82) is 0 Å². The second-order valence-corrected chi connectivity index (χ2v) is 4.57. The highest BCUT2D eigenvalue weighted by Crippen LogP contribution is 2.38. The van der Waals surface area contributed by atoms with Crippen LogP contribution in [0.1, 0.15) is 18.0 Å². The van der Waals surface area contributed by atoms with Crippen LogP contribution in [0, 0.1) is 5.92 Å². The molecule has 2 fully saturated rings. The van der Waals surface area contributed by atoms with E-state index >= 15 is 0 Å². The first-order valence-corrected chi connectivity index (χ1v) is 5.40. The van der Waals surface area contributed by atoms with Gasteiger partial charge in [-0.25, -0.2) is 4.98 Å². The zero-order valence-electron chi connectivity index (χ0n) is 7.86. The Morgan fingerprint density at radius 1 is 1.36 bits per heavy atom. The predicted octanol–water partition coefficient (Wildman–Crippen LogP) is 1.55. The third kappa shape index (κ3) is 1.31. The Kier molecular flexibility index (Phi) is 1.96. The van der Waals surface area contributed by atoms with Crippen molar-refractivity contribution < 1.29 is 0 Å². The maximum Gasteiger partial charge on any atom is 0.147 e. The Labute approximate surface area is 88.1 Å². The molecule has 2 aliphatic heterocycles. The Balaban J connectivity index is 1.89. The molecule has 3 nitrogen and oxygen atoms in total. The Bertz CT molecular complexity index is 355. The number of piperidine rings is 1. The first-order valence-electron chi connectivity index (χ1n) is 5.03. The maximum atomic E-state index is 5.84. The molecule has 0 aromatic carbocycles. The molecular formula is C10H12ClN3. The summed E-state index contributed by atoms with van der Waals surface area (Å²) in [6.07, 6.45) is 4.76. The summed E-state index contributed by atoms with van der Waals surface area (Å²) in [5.74, 6) is 1.35. The smallest absolute Gasteiger partial charge is 0.147 e. The molecule has 3 atom stereocenters. The maximum absolute atomic E-state index is 5.84. The molecule has 2 bridgehead atoms. The van der Waals surface area contributed by atoms with Crippen LogP contribution < -0.4 is 0 Å². The third-order valence-corrected chi connectivity index (χ3v) is 3.52. The molecule has 0 saturated carbocycles. The van der Waals surface area contributed by atoms with E-state index in [1.54, 1.807) is 6.20 Å². The van der Waals surface area contributed by atoms with Gasteiger partial charge in [-0.05, 0) is 18.9 Å². The fraction of sp³-hybridized carbons (Fsp3) is 0.600. The first kappa shape index (κ1) is 8.62. The van der Waals surface area contributed by atoms with Crippen LogP contribution in [-0.4, -0.2) is 34.5 Å². The van der Waals surface area contributed by atoms with Crippen LogP contribution in [0.15, 0.2) is 12.4 Å². The van der Waals surface area contributed by atoms with Crippen molar-refractivity contribution in [1.82, 2.24) is 14.9 Å². The van der Waals surface area contributed by atoms with E-state index < -0.39 is 0 Å². The van der Waals surface area contributed by atoms with Gasteiger partial charge in [0, 0.05) is 25.2 Å². The zero-order valence-corrected chi connectivity index (χ0v) is 8.61. The van der Waals surface area contributed by atoms with Crippen molar-refractivity contribution in [2.45, 2.75) is 12.3 Å². The second kappa shape index (κ2) is 3.17. The van der Waals surface area contributed by atoms with E-state index in [4.69, 9.17) is 11.6 Å². The second-order valence-electron chi connectivity index (χ2n) is 4.18. The topological polar surface area (TPSA) is 29.0 Å². The molecule has 3 heterocycles. The van der Waals surface area contributed by atoms with Crippen molar-refractivity contribution in [3.63, 3.8) is 0 Å². The summed E-state index contributed by atoms with van der Waals surface area (Å²) in [5, 5.41) is 0.514. The molecule has 1 aromatic rings. The molecule has 2 aliphatic rings. The van der Waals surface area contributed by atoms with Gasteiger partial charge in [0.05, 0.1) is 11.9 Å². The normalized spacial score (nSPS) is 35.1. The zero-order chi connectivity index (χ0) is 9.54. The standard InChI is InChI=1S/C10H12ClN3/c11-10-4-12-3-9(13-10)8-6-14-2-1-7(8)5-14/h3-4,7-8H,1-2,5-6H2/t7-,8+/m1/s1. The summed E-state index contributed by atoms with van der Waals surface area (Å²) >= 11 is 5.84. The average molecular weight is 210 g/mol. The van der Waals surface area contributed by atoms with E-state index in [1.807, 2.05) is 6.20 Å². The van der Waals surface area contributed by atoms with Crippen molar-refractivity contribution in [3.8, 4) is 0 Å². The molecule has 14 heavy (non-hydrogen) atoms. The fourth-order valence-corrected chi connectivity index (χ4v) is 2.81. The molecular weight excluding hydrogens is 198 g/mol. The number of hydrogen-bond donors (Lipinski definition) is 0. The van der Waals surface area contributed by atoms with Gasteiger partial charge in [0.1, 0.15) is 5.15 Å². The molecule has 0 radical (unpaired) electrons. The van der Waals surface area contributed by atoms with E-state index in [0.717, 1.165) is 18.2 Å². The first-order chi connectivity index (χ1) is 6.83. The average Bonchev–Trinajstić information content (AvgIpc) is 2.78. The van der Waals surface area contributed by atoms with Gasteiger partial charge >= 0.3 is 0 Å². The van der Waals surface area contributed by atoms with Crippen LogP contribution in [0.25, 0.3) is 0 Å². The molecule has 0 aliphatic carbocycles. The summed E-state index contributed by atoms with van der Waals surface area (Å²) < 4.78 is 0. The van der Waals surface area contributed by atoms with Gasteiger partial charge in [-0.2, -0.15) is 0 Å². The van der Waals surface area contributed by atoms with Crippen molar-refractivity contribution in [3.05, 3.63) is 23.2 Å². The molecule has 1 aromatic heterocycles. The molecule has 0 spiro atoms. The van der Waals surface area contributed by atoms with Gasteiger partial charge in [0.15, 0.2) is 0 Å². The van der Waals surface area contributed by atoms with Crippen LogP contribution in [0.3, 0.4) is 0 Å². The molecule has 0 N–H and O–H groups in total. The Morgan fingerprint density at radius 2 is 2.29 bits per heavy atom. The van der Waals surface area contributed by atoms with Crippen molar-refractivity contribution in [2.75, 3.05) is 19.6 Å². The van der Waals surface area contributed by atoms with Gasteiger partial charge in [-0.3, -0.25) is 4.98 Å². The Hall–Kier alpha value is -0.670. The quantitative estimate of drug-likeness (QED) is 0.703. The minimum atomic E-state index is 0.514. The predicted molar refractivity (Wildman–Crippen MR) is 54.3 cm³/mol. The lowest BCUT2D eigenvalue weighted by molar-refractivity contribution is 0.343. The van der Waals surface area contributed by atoms with Crippen LogP contribution in [0.5, 0.6) is 0 Å². The molecule has 1 unspecified atom stereocenters. The van der Waals surface area contributed by atoms with Gasteiger partial charge < -0.3 is 4.90 Å². The van der Waals surface area contributed by atoms with Crippen molar-refractivity contribution in [2.24, 2.45) is 5.92 Å². The highest BCUT2D eigenvalue weighted by atomic mass is 35.5. The monoisotopic (exact) mass is 209 g/mol. The number of fused-ring (bicyclic) bond motifs is 2. The van der Waals surface area contributed by atoms with Crippen LogP contribution in [-0.2, 0) is 0 Å². The molecule has 0 amide bonds. The SMILES string of the molecule is Clc1cncc([C@H]2CN3CC[C@@H]2C3)n1. The molecule has 74 valence electrons. The highest BCUT2D eigenvalue weighted by molar-refractivity contribution is 6.29. The summed E-state index contributed by atoms with van der Waals surface area (Å²) in [4.78, 5) is 10.9. The summed E-state index contributed by atoms with van der Waals surface area (Å²) in [6, 6.07) is 0. The number of hydrogen-bond acceptors (Lipinski definition) is 3. The van der Waals surface area contributed by atoms with Gasteiger partial charge in [0.25, 0.3) is 0 Å². The Morgan fingerprint density at radius 3 is 2.93 bits per heavy atom. The van der Waals surface area contributed by atoms with E-state index in [9.17, 15) is 0 Å². The minimum absolute atomic E-state index is 0.514. The van der Waals surface area contributed by atoms with E-state index in [1.165, 1.54) is 19.5 Å². The number of nitrogens with zero attached hydrogens (tertiary/aromatic N) is 3. The summed E-state index contributed by atoms with van der Waals surface area (Å²) in [6.45, 7) is 3.63. The number of halogens is 1. The van der Waals surface area contributed by atoms with Crippen molar-refractivity contribution >= 4 is 11.6 Å². The molecule has 4 heteroatoms. The lowest BCUT2D eigenvalue weighted by Gasteiger charge is -2.20. The lowest BCUT2D eigenvalue weighted by Crippen LogP contribution is -2.22. The fourth-order valence-electron chi connectivity index (χ4n) is 2.65. The van der Waals surface area contributed by atoms with E-state index in [2.05, 4.69) is 14.9 Å². The molecule has 2 saturated heterocycles. The van der Waals surface area contributed by atoms with Gasteiger partial charge in [-0.1, -0.05) is 11.6 Å². The summed E-state index contributed by atoms with van der Waals surface area (Å²) in [7, 11) is 0. The molecule has 3 rings (SSSR count). The van der Waals surface area contributed by atoms with E-state index in [0.29, 0.717) is 11.1 Å². The minimum Gasteiger partial charge on any atom is -0.302 e. The van der Waals surface area contributed by atoms with Crippen LogP contribution >= 0.6 is 11.6 Å². The highest BCUT2D eigenvalue weighted by Gasteiger charge is 2.39. The lowest BCUT2D eigenvalue weighted by atomic mass is 9.90. The summed E-state index contributed by atoms with van der Waals surface area (Å²) in [5.41, 5.74) is 1.07. The van der Waals surface area contributed by atoms with Crippen LogP contribution in [0.4, 0.5) is 0 Å². The number of rotatable bonds is 1. The van der Waals surface area contributed by atoms with Gasteiger partial charge in [0.2, 0.25) is 0 Å². The van der Waals surface area contributed by atoms with Gasteiger partial charge in [-0.15, -0.1) is 0 Å². The number of aromatic nitrogens is 2. The third-order valence-electron chi connectivity index (χ3n) is 3.34. The van der Waals surface area contributed by atoms with Crippen LogP contribution in [0.2, 0.25) is 5.15 Å².